The van der Waals surface area contributed by atoms with Crippen molar-refractivity contribution in [1.29, 1.82) is 0 Å². The highest BCUT2D eigenvalue weighted by Crippen LogP contribution is 2.47. The summed E-state index contributed by atoms with van der Waals surface area (Å²) in [5.74, 6) is -1.66. The van der Waals surface area contributed by atoms with E-state index in [-0.39, 0.29) is 16.6 Å². The van der Waals surface area contributed by atoms with Crippen molar-refractivity contribution < 1.29 is 44.0 Å². The highest BCUT2D eigenvalue weighted by atomic mass is 17.3. The second kappa shape index (κ2) is 16.0. The zero-order valence-electron chi connectivity index (χ0n) is 28.2. The number of hydrogen-bond donors (Lipinski definition) is 1. The van der Waals surface area contributed by atoms with Gasteiger partial charge >= 0.3 is 6.16 Å². The van der Waals surface area contributed by atoms with Crippen LogP contribution in [0.2, 0.25) is 0 Å². The molecule has 0 radical (unpaired) electrons. The van der Waals surface area contributed by atoms with E-state index < -0.39 is 23.3 Å². The van der Waals surface area contributed by atoms with Gasteiger partial charge in [0.05, 0.1) is 16.8 Å². The molecule has 0 aromatic carbocycles. The molecule has 0 amide bonds. The van der Waals surface area contributed by atoms with E-state index in [1.54, 1.807) is 0 Å². The summed E-state index contributed by atoms with van der Waals surface area (Å²) >= 11 is 0. The molecule has 0 heterocycles. The van der Waals surface area contributed by atoms with E-state index in [4.69, 9.17) is 34.4 Å². The third kappa shape index (κ3) is 17.1. The molecule has 1 saturated carbocycles. The van der Waals surface area contributed by atoms with Gasteiger partial charge in [-0.3, -0.25) is 0 Å². The van der Waals surface area contributed by atoms with Crippen molar-refractivity contribution in [3.05, 3.63) is 0 Å². The first-order chi connectivity index (χ1) is 18.0. The summed E-state index contributed by atoms with van der Waals surface area (Å²) in [6, 6.07) is 0. The number of carbonyl (C=O) groups is 1. The first-order valence-electron chi connectivity index (χ1n) is 15.1. The molecule has 1 unspecified atom stereocenters. The van der Waals surface area contributed by atoms with Gasteiger partial charge in [0.15, 0.2) is 0 Å². The van der Waals surface area contributed by atoms with E-state index in [0.29, 0.717) is 5.92 Å². The summed E-state index contributed by atoms with van der Waals surface area (Å²) in [5, 5.41) is 8.42. The van der Waals surface area contributed by atoms with E-state index in [0.717, 1.165) is 57.8 Å². The fraction of sp³-hybridized carbons (Fsp3) is 0.968. The molecule has 9 nitrogen and oxygen atoms in total. The van der Waals surface area contributed by atoms with Gasteiger partial charge in [0, 0.05) is 26.7 Å². The van der Waals surface area contributed by atoms with Crippen LogP contribution in [0.3, 0.4) is 0 Å². The topological polar surface area (TPSA) is 102 Å². The van der Waals surface area contributed by atoms with Gasteiger partial charge in [-0.05, 0) is 78.6 Å². The molecule has 1 fully saturated rings. The van der Waals surface area contributed by atoms with E-state index in [9.17, 15) is 4.79 Å². The Kier molecular flexibility index (Phi) is 15.6. The summed E-state index contributed by atoms with van der Waals surface area (Å²) in [5.41, 5.74) is -1.01. The Morgan fingerprint density at radius 1 is 0.725 bits per heavy atom. The summed E-state index contributed by atoms with van der Waals surface area (Å²) in [6.45, 7) is 28.0. The molecule has 1 aliphatic carbocycles. The zero-order chi connectivity index (χ0) is 31.5. The van der Waals surface area contributed by atoms with Crippen LogP contribution in [0.5, 0.6) is 0 Å². The first kappa shape index (κ1) is 39.0. The minimum Gasteiger partial charge on any atom is -0.450 e. The Balaban J connectivity index is 0.000000868. The molecular formula is C31H62O9. The summed E-state index contributed by atoms with van der Waals surface area (Å²) in [7, 11) is 0. The lowest BCUT2D eigenvalue weighted by Crippen LogP contribution is -2.49. The van der Waals surface area contributed by atoms with Crippen LogP contribution in [0.15, 0.2) is 0 Å². The predicted octanol–water partition coefficient (Wildman–Crippen LogP) is 9.53. The van der Waals surface area contributed by atoms with Gasteiger partial charge in [-0.1, -0.05) is 60.8 Å². The normalized spacial score (nSPS) is 19.5. The number of hydrogen-bond acceptors (Lipinski definition) is 8. The average Bonchev–Trinajstić information content (AvgIpc) is 2.74. The average molecular weight is 579 g/mol. The highest BCUT2D eigenvalue weighted by molar-refractivity contribution is 5.57. The molecule has 1 atom stereocenters. The van der Waals surface area contributed by atoms with Crippen LogP contribution in [-0.4, -0.2) is 39.6 Å². The maximum absolute atomic E-state index is 10.3. The third-order valence-electron chi connectivity index (χ3n) is 6.50. The maximum atomic E-state index is 10.3. The SMILES string of the molecule is CCCC(C)(C)OOC(C)(C)OC(=O)O.CCCC(C)(C)OOC1(OOC(C)(C)CCC)CC(C)CC(C)(C)C1. The molecule has 0 aromatic heterocycles. The summed E-state index contributed by atoms with van der Waals surface area (Å²) in [4.78, 5) is 44.2. The Morgan fingerprint density at radius 2 is 1.12 bits per heavy atom. The Labute approximate surface area is 244 Å². The number of carboxylic acid groups (broad SMARTS) is 1. The van der Waals surface area contributed by atoms with Crippen LogP contribution in [0.4, 0.5) is 4.79 Å². The molecule has 1 rings (SSSR count). The van der Waals surface area contributed by atoms with Crippen molar-refractivity contribution in [2.24, 2.45) is 11.3 Å². The number of rotatable bonds is 16. The minimum atomic E-state index is -1.39. The molecule has 9 heteroatoms. The first-order valence-corrected chi connectivity index (χ1v) is 15.1. The molecule has 1 N–H and O–H groups in total. The molecule has 0 saturated heterocycles. The second-order valence-electron chi connectivity index (χ2n) is 14.6. The highest BCUT2D eigenvalue weighted by Gasteiger charge is 2.49. The number of ether oxygens (including phenoxy) is 1. The smallest absolute Gasteiger partial charge is 0.450 e. The summed E-state index contributed by atoms with van der Waals surface area (Å²) < 4.78 is 4.48. The molecule has 0 aromatic rings. The predicted molar refractivity (Wildman–Crippen MR) is 156 cm³/mol. The van der Waals surface area contributed by atoms with Gasteiger partial charge in [-0.15, -0.1) is 0 Å². The van der Waals surface area contributed by atoms with Gasteiger partial charge < -0.3 is 9.84 Å². The van der Waals surface area contributed by atoms with Crippen molar-refractivity contribution in [3.63, 3.8) is 0 Å². The van der Waals surface area contributed by atoms with Gasteiger partial charge in [0.1, 0.15) is 0 Å². The maximum Gasteiger partial charge on any atom is 0.508 e. The quantitative estimate of drug-likeness (QED) is 0.0830. The Bertz CT molecular complexity index is 706. The molecule has 40 heavy (non-hydrogen) atoms. The van der Waals surface area contributed by atoms with Gasteiger partial charge in [-0.25, -0.2) is 19.5 Å². The monoisotopic (exact) mass is 578 g/mol. The third-order valence-corrected chi connectivity index (χ3v) is 6.50. The van der Waals surface area contributed by atoms with Crippen LogP contribution in [0, 0.1) is 11.3 Å². The molecule has 0 aliphatic heterocycles. The minimum absolute atomic E-state index is 0.119. The molecule has 240 valence electrons. The Hall–Kier alpha value is -0.970. The lowest BCUT2D eigenvalue weighted by molar-refractivity contribution is -0.553. The van der Waals surface area contributed by atoms with Crippen LogP contribution in [-0.2, 0) is 34.1 Å². The van der Waals surface area contributed by atoms with E-state index in [1.807, 2.05) is 20.8 Å². The van der Waals surface area contributed by atoms with Crippen LogP contribution in [0.25, 0.3) is 0 Å². The van der Waals surface area contributed by atoms with Crippen molar-refractivity contribution in [2.45, 2.75) is 183 Å². The van der Waals surface area contributed by atoms with Crippen LogP contribution >= 0.6 is 0 Å². The second-order valence-corrected chi connectivity index (χ2v) is 14.6. The Morgan fingerprint density at radius 3 is 1.48 bits per heavy atom. The van der Waals surface area contributed by atoms with Crippen LogP contribution in [0.1, 0.15) is 155 Å². The lowest BCUT2D eigenvalue weighted by atomic mass is 9.70. The van der Waals surface area contributed by atoms with Gasteiger partial charge in [0.25, 0.3) is 0 Å². The molecular weight excluding hydrogens is 516 g/mol. The van der Waals surface area contributed by atoms with Crippen molar-refractivity contribution in [1.82, 2.24) is 0 Å². The van der Waals surface area contributed by atoms with Crippen LogP contribution < -0.4 is 0 Å². The largest absolute Gasteiger partial charge is 0.508 e. The van der Waals surface area contributed by atoms with Crippen molar-refractivity contribution >= 4 is 6.16 Å². The fourth-order valence-electron chi connectivity index (χ4n) is 5.31. The molecule has 0 bridgehead atoms. The van der Waals surface area contributed by atoms with E-state index >= 15 is 0 Å². The van der Waals surface area contributed by atoms with E-state index in [1.165, 1.54) is 13.8 Å². The summed E-state index contributed by atoms with van der Waals surface area (Å²) in [6.07, 6.45) is 7.03. The van der Waals surface area contributed by atoms with E-state index in [2.05, 4.69) is 67.1 Å². The standard InChI is InChI=1S/C21H42O4.C10H20O5/c1-10-12-19(6,7)22-24-21(25-23-20(8,9)13-11-2)15-17(3)14-18(4,5)16-21;1-6-7-9(2,3)14-15-10(4,5)13-8(11)12/h17H,10-16H2,1-9H3;6-7H2,1-5H3,(H,11,12). The van der Waals surface area contributed by atoms with Gasteiger partial charge in [-0.2, -0.15) is 14.7 Å². The van der Waals surface area contributed by atoms with Crippen molar-refractivity contribution in [2.75, 3.05) is 0 Å². The van der Waals surface area contributed by atoms with Crippen molar-refractivity contribution in [3.8, 4) is 0 Å². The zero-order valence-corrected chi connectivity index (χ0v) is 28.2. The lowest BCUT2D eigenvalue weighted by Gasteiger charge is -2.46. The van der Waals surface area contributed by atoms with Gasteiger partial charge in [0.2, 0.25) is 11.6 Å². The fourth-order valence-corrected chi connectivity index (χ4v) is 5.31. The molecule has 0 spiro atoms. The molecule has 1 aliphatic rings.